The Hall–Kier alpha value is -1.43. The highest BCUT2D eigenvalue weighted by Gasteiger charge is 2.17. The molecule has 0 saturated heterocycles. The lowest BCUT2D eigenvalue weighted by atomic mass is 10.1. The molecule has 0 aromatic heterocycles. The van der Waals surface area contributed by atoms with Crippen molar-refractivity contribution in [1.29, 1.82) is 0 Å². The van der Waals surface area contributed by atoms with Crippen LogP contribution in [0, 0.1) is 5.82 Å². The van der Waals surface area contributed by atoms with Gasteiger partial charge in [0.15, 0.2) is 0 Å². The number of hydrogen-bond acceptors (Lipinski definition) is 3. The third-order valence-corrected chi connectivity index (χ3v) is 4.53. The molecule has 0 aliphatic heterocycles. The summed E-state index contributed by atoms with van der Waals surface area (Å²) in [6.45, 7) is 0.283. The second-order valence-electron chi connectivity index (χ2n) is 5.17. The molecule has 1 atom stereocenters. The number of rotatable bonds is 6. The van der Waals surface area contributed by atoms with E-state index in [4.69, 9.17) is 11.6 Å². The molecule has 0 bridgehead atoms. The van der Waals surface area contributed by atoms with Gasteiger partial charge in [0.25, 0.3) is 0 Å². The van der Waals surface area contributed by atoms with Gasteiger partial charge >= 0.3 is 0 Å². The van der Waals surface area contributed by atoms with Crippen LogP contribution in [-0.4, -0.2) is 20.4 Å². The second-order valence-corrected chi connectivity index (χ2v) is 7.76. The molecule has 2 rings (SSSR count). The highest BCUT2D eigenvalue weighted by molar-refractivity contribution is 7.90. The topological polar surface area (TPSA) is 46.2 Å². The molecule has 22 heavy (non-hydrogen) atoms. The van der Waals surface area contributed by atoms with Crippen LogP contribution >= 0.6 is 11.6 Å². The van der Waals surface area contributed by atoms with Gasteiger partial charge in [0.05, 0.1) is 5.75 Å². The molecule has 0 fully saturated rings. The van der Waals surface area contributed by atoms with Crippen molar-refractivity contribution in [2.75, 3.05) is 12.0 Å². The zero-order chi connectivity index (χ0) is 16.2. The second kappa shape index (κ2) is 7.22. The van der Waals surface area contributed by atoms with E-state index in [1.54, 1.807) is 0 Å². The summed E-state index contributed by atoms with van der Waals surface area (Å²) in [5, 5.41) is 3.59. The molecular formula is C16H17ClFNO2S. The normalized spacial score (nSPS) is 13.0. The monoisotopic (exact) mass is 341 g/mol. The summed E-state index contributed by atoms with van der Waals surface area (Å²) < 4.78 is 36.5. The minimum absolute atomic E-state index is 0.0377. The fourth-order valence-electron chi connectivity index (χ4n) is 2.17. The van der Waals surface area contributed by atoms with Crippen LogP contribution < -0.4 is 5.32 Å². The summed E-state index contributed by atoms with van der Waals surface area (Å²) in [6.07, 6.45) is 1.19. The SMILES string of the molecule is CS(=O)(=O)CC(NCc1cc(F)ccc1Cl)c1ccccc1. The first-order valence-corrected chi connectivity index (χ1v) is 9.19. The molecule has 2 aromatic rings. The van der Waals surface area contributed by atoms with Gasteiger partial charge < -0.3 is 5.32 Å². The molecule has 0 aliphatic rings. The summed E-state index contributed by atoms with van der Waals surface area (Å²) in [4.78, 5) is 0. The Balaban J connectivity index is 2.18. The number of halogens is 2. The van der Waals surface area contributed by atoms with Crippen LogP contribution in [0.5, 0.6) is 0 Å². The van der Waals surface area contributed by atoms with E-state index < -0.39 is 9.84 Å². The van der Waals surface area contributed by atoms with Gasteiger partial charge in [0.1, 0.15) is 15.7 Å². The minimum Gasteiger partial charge on any atom is -0.305 e. The number of sulfone groups is 1. The quantitative estimate of drug-likeness (QED) is 0.876. The summed E-state index contributed by atoms with van der Waals surface area (Å²) >= 11 is 6.03. The molecule has 1 unspecified atom stereocenters. The first kappa shape index (κ1) is 16.9. The fourth-order valence-corrected chi connectivity index (χ4v) is 3.27. The standard InChI is InChI=1S/C16H17ClFNO2S/c1-22(20,21)11-16(12-5-3-2-4-6-12)19-10-13-9-14(18)7-8-15(13)17/h2-9,16,19H,10-11H2,1H3. The lowest BCUT2D eigenvalue weighted by Gasteiger charge is -2.19. The van der Waals surface area contributed by atoms with E-state index in [9.17, 15) is 12.8 Å². The van der Waals surface area contributed by atoms with Crippen molar-refractivity contribution in [2.24, 2.45) is 0 Å². The summed E-state index contributed by atoms with van der Waals surface area (Å²) in [5.74, 6) is -0.412. The number of benzene rings is 2. The van der Waals surface area contributed by atoms with Gasteiger partial charge in [-0.15, -0.1) is 0 Å². The molecule has 0 heterocycles. The Morgan fingerprint density at radius 1 is 1.18 bits per heavy atom. The van der Waals surface area contributed by atoms with Crippen molar-refractivity contribution >= 4 is 21.4 Å². The molecular weight excluding hydrogens is 325 g/mol. The van der Waals surface area contributed by atoms with Crippen LogP contribution in [0.2, 0.25) is 5.02 Å². The van der Waals surface area contributed by atoms with E-state index in [0.29, 0.717) is 10.6 Å². The van der Waals surface area contributed by atoms with Crippen LogP contribution in [0.15, 0.2) is 48.5 Å². The maximum Gasteiger partial charge on any atom is 0.149 e. The van der Waals surface area contributed by atoms with Gasteiger partial charge in [-0.3, -0.25) is 0 Å². The molecule has 0 spiro atoms. The number of nitrogens with one attached hydrogen (secondary N) is 1. The van der Waals surface area contributed by atoms with E-state index in [1.807, 2.05) is 30.3 Å². The lowest BCUT2D eigenvalue weighted by molar-refractivity contribution is 0.548. The molecule has 0 amide bonds. The molecule has 2 aromatic carbocycles. The average Bonchev–Trinajstić information content (AvgIpc) is 2.46. The highest BCUT2D eigenvalue weighted by atomic mass is 35.5. The Kier molecular flexibility index (Phi) is 5.56. The van der Waals surface area contributed by atoms with Gasteiger partial charge in [-0.1, -0.05) is 41.9 Å². The largest absolute Gasteiger partial charge is 0.305 e. The predicted molar refractivity (Wildman–Crippen MR) is 87.1 cm³/mol. The number of hydrogen-bond donors (Lipinski definition) is 1. The lowest BCUT2D eigenvalue weighted by Crippen LogP contribution is -2.27. The van der Waals surface area contributed by atoms with Gasteiger partial charge in [0, 0.05) is 23.9 Å². The van der Waals surface area contributed by atoms with Crippen molar-refractivity contribution in [3.8, 4) is 0 Å². The first-order chi connectivity index (χ1) is 10.3. The van der Waals surface area contributed by atoms with Gasteiger partial charge in [-0.2, -0.15) is 0 Å². The maximum absolute atomic E-state index is 13.3. The van der Waals surface area contributed by atoms with Gasteiger partial charge in [0.2, 0.25) is 0 Å². The van der Waals surface area contributed by atoms with Crippen molar-refractivity contribution in [3.05, 3.63) is 70.5 Å². The van der Waals surface area contributed by atoms with E-state index in [1.165, 1.54) is 24.5 Å². The van der Waals surface area contributed by atoms with Crippen LogP contribution in [0.1, 0.15) is 17.2 Å². The molecule has 118 valence electrons. The van der Waals surface area contributed by atoms with Crippen molar-refractivity contribution < 1.29 is 12.8 Å². The van der Waals surface area contributed by atoms with Crippen LogP contribution in [-0.2, 0) is 16.4 Å². The smallest absolute Gasteiger partial charge is 0.149 e. The Bertz CT molecular complexity index is 735. The molecule has 0 aliphatic carbocycles. The van der Waals surface area contributed by atoms with Crippen molar-refractivity contribution in [2.45, 2.75) is 12.6 Å². The maximum atomic E-state index is 13.3. The third kappa shape index (κ3) is 5.09. The molecule has 6 heteroatoms. The molecule has 0 radical (unpaired) electrons. The van der Waals surface area contributed by atoms with Crippen molar-refractivity contribution in [1.82, 2.24) is 5.32 Å². The van der Waals surface area contributed by atoms with Gasteiger partial charge in [-0.05, 0) is 29.3 Å². The van der Waals surface area contributed by atoms with E-state index in [0.717, 1.165) is 5.56 Å². The Labute approximate surface area is 135 Å². The minimum atomic E-state index is -3.16. The first-order valence-electron chi connectivity index (χ1n) is 6.75. The molecule has 1 N–H and O–H groups in total. The Morgan fingerprint density at radius 3 is 2.50 bits per heavy atom. The summed E-state index contributed by atoms with van der Waals surface area (Å²) in [7, 11) is -3.16. The van der Waals surface area contributed by atoms with Crippen LogP contribution in [0.3, 0.4) is 0 Å². The summed E-state index contributed by atoms with van der Waals surface area (Å²) in [6, 6.07) is 13.0. The molecule has 0 saturated carbocycles. The average molecular weight is 342 g/mol. The van der Waals surface area contributed by atoms with Gasteiger partial charge in [-0.25, -0.2) is 12.8 Å². The Morgan fingerprint density at radius 2 is 1.86 bits per heavy atom. The summed E-state index contributed by atoms with van der Waals surface area (Å²) in [5.41, 5.74) is 1.46. The van der Waals surface area contributed by atoms with Crippen molar-refractivity contribution in [3.63, 3.8) is 0 Å². The third-order valence-electron chi connectivity index (χ3n) is 3.22. The predicted octanol–water partition coefficient (Wildman–Crippen LogP) is 3.35. The zero-order valence-corrected chi connectivity index (χ0v) is 13.7. The van der Waals surface area contributed by atoms with E-state index >= 15 is 0 Å². The highest BCUT2D eigenvalue weighted by Crippen LogP contribution is 2.20. The fraction of sp³-hybridized carbons (Fsp3) is 0.250. The van der Waals surface area contributed by atoms with E-state index in [-0.39, 0.29) is 24.2 Å². The molecule has 3 nitrogen and oxygen atoms in total. The van der Waals surface area contributed by atoms with Crippen LogP contribution in [0.4, 0.5) is 4.39 Å². The van der Waals surface area contributed by atoms with Crippen LogP contribution in [0.25, 0.3) is 0 Å². The zero-order valence-electron chi connectivity index (χ0n) is 12.1. The van der Waals surface area contributed by atoms with E-state index in [2.05, 4.69) is 5.32 Å².